The molecule has 4 atom stereocenters. The molecule has 1 saturated carbocycles. The predicted octanol–water partition coefficient (Wildman–Crippen LogP) is 1.81. The van der Waals surface area contributed by atoms with E-state index in [0.29, 0.717) is 24.7 Å². The quantitative estimate of drug-likeness (QED) is 0.899. The number of likely N-dealkylation sites (tertiary alicyclic amines) is 1. The number of hydrogen-bond acceptors (Lipinski definition) is 5. The maximum Gasteiger partial charge on any atom is 0.145 e. The van der Waals surface area contributed by atoms with Crippen LogP contribution in [0.1, 0.15) is 18.5 Å². The molecular weight excluding hydrogens is 304 g/mol. The van der Waals surface area contributed by atoms with Crippen LogP contribution in [0.4, 0.5) is 0 Å². The molecule has 128 valence electrons. The van der Waals surface area contributed by atoms with Crippen LogP contribution < -0.4 is 4.74 Å². The SMILES string of the molecule is COc1cccc2ccc(CN3C[C@H]4C[C@H](O)[C@H](O)C[C@H]4C3)nc12. The van der Waals surface area contributed by atoms with Gasteiger partial charge >= 0.3 is 0 Å². The molecule has 2 heterocycles. The maximum absolute atomic E-state index is 9.88. The summed E-state index contributed by atoms with van der Waals surface area (Å²) in [6, 6.07) is 10.1. The molecule has 0 unspecified atom stereocenters. The maximum atomic E-state index is 9.88. The predicted molar refractivity (Wildman–Crippen MR) is 91.8 cm³/mol. The fraction of sp³-hybridized carbons (Fsp3) is 0.526. The molecule has 2 aliphatic rings. The standard InChI is InChI=1S/C19H24N2O3/c1-24-18-4-2-3-12-5-6-15(20-19(12)18)11-21-9-13-7-16(22)17(23)8-14(13)10-21/h2-6,13-14,16-17,22-23H,7-11H2,1H3/t13-,14+,16+,17-. The lowest BCUT2D eigenvalue weighted by Gasteiger charge is -2.32. The Balaban J connectivity index is 1.51. The van der Waals surface area contributed by atoms with Gasteiger partial charge in [0.15, 0.2) is 0 Å². The summed E-state index contributed by atoms with van der Waals surface area (Å²) >= 11 is 0. The van der Waals surface area contributed by atoms with Crippen molar-refractivity contribution in [3.05, 3.63) is 36.0 Å². The van der Waals surface area contributed by atoms with Gasteiger partial charge in [0.1, 0.15) is 11.3 Å². The first kappa shape index (κ1) is 15.8. The first-order chi connectivity index (χ1) is 11.6. The monoisotopic (exact) mass is 328 g/mol. The third kappa shape index (κ3) is 2.88. The van der Waals surface area contributed by atoms with E-state index in [2.05, 4.69) is 17.0 Å². The zero-order chi connectivity index (χ0) is 16.7. The lowest BCUT2D eigenvalue weighted by Crippen LogP contribution is -2.38. The molecule has 0 bridgehead atoms. The van der Waals surface area contributed by atoms with Crippen molar-refractivity contribution >= 4 is 10.9 Å². The fourth-order valence-electron chi connectivity index (χ4n) is 4.28. The van der Waals surface area contributed by atoms with E-state index in [1.807, 2.05) is 18.2 Å². The third-order valence-corrected chi connectivity index (χ3v) is 5.53. The van der Waals surface area contributed by atoms with E-state index in [1.165, 1.54) is 0 Å². The van der Waals surface area contributed by atoms with E-state index < -0.39 is 12.2 Å². The zero-order valence-electron chi connectivity index (χ0n) is 13.9. The van der Waals surface area contributed by atoms with Crippen LogP contribution in [-0.4, -0.2) is 52.5 Å². The smallest absolute Gasteiger partial charge is 0.145 e. The molecule has 5 heteroatoms. The molecule has 1 aromatic heterocycles. The fourth-order valence-corrected chi connectivity index (χ4v) is 4.28. The largest absolute Gasteiger partial charge is 0.494 e. The van der Waals surface area contributed by atoms with E-state index in [4.69, 9.17) is 9.72 Å². The molecule has 2 fully saturated rings. The molecule has 24 heavy (non-hydrogen) atoms. The van der Waals surface area contributed by atoms with Gasteiger partial charge in [0.25, 0.3) is 0 Å². The summed E-state index contributed by atoms with van der Waals surface area (Å²) in [5.41, 5.74) is 1.94. The van der Waals surface area contributed by atoms with Crippen molar-refractivity contribution in [2.75, 3.05) is 20.2 Å². The van der Waals surface area contributed by atoms with Crippen molar-refractivity contribution in [2.24, 2.45) is 11.8 Å². The van der Waals surface area contributed by atoms with Gasteiger partial charge in [-0.3, -0.25) is 4.90 Å². The average Bonchev–Trinajstić information content (AvgIpc) is 2.95. The molecule has 1 aromatic carbocycles. The minimum absolute atomic E-state index is 0.485. The molecule has 2 aromatic rings. The molecule has 1 aliphatic carbocycles. The Labute approximate surface area is 141 Å². The molecule has 1 aliphatic heterocycles. The average molecular weight is 328 g/mol. The Kier molecular flexibility index (Phi) is 4.16. The van der Waals surface area contributed by atoms with Gasteiger partial charge in [0.05, 0.1) is 25.0 Å². The molecule has 1 saturated heterocycles. The van der Waals surface area contributed by atoms with Gasteiger partial charge in [-0.05, 0) is 36.8 Å². The number of methoxy groups -OCH3 is 1. The minimum atomic E-state index is -0.561. The van der Waals surface area contributed by atoms with E-state index in [0.717, 1.165) is 42.0 Å². The zero-order valence-corrected chi connectivity index (χ0v) is 13.9. The van der Waals surface area contributed by atoms with E-state index in [9.17, 15) is 10.2 Å². The number of aliphatic hydroxyl groups excluding tert-OH is 2. The second-order valence-electron chi connectivity index (χ2n) is 7.15. The Bertz CT molecular complexity index is 718. The number of ether oxygens (including phenoxy) is 1. The summed E-state index contributed by atoms with van der Waals surface area (Å²) in [6.45, 7) is 2.74. The summed E-state index contributed by atoms with van der Waals surface area (Å²) in [5.74, 6) is 1.77. The van der Waals surface area contributed by atoms with Gasteiger partial charge in [0.2, 0.25) is 0 Å². The van der Waals surface area contributed by atoms with E-state index in [-0.39, 0.29) is 0 Å². The molecule has 5 nitrogen and oxygen atoms in total. The summed E-state index contributed by atoms with van der Waals surface area (Å²) in [4.78, 5) is 7.18. The minimum Gasteiger partial charge on any atom is -0.494 e. The van der Waals surface area contributed by atoms with Crippen LogP contribution in [0.5, 0.6) is 5.75 Å². The molecular formula is C19H24N2O3. The van der Waals surface area contributed by atoms with Crippen molar-refractivity contribution in [3.8, 4) is 5.75 Å². The molecule has 0 radical (unpaired) electrons. The highest BCUT2D eigenvalue weighted by Crippen LogP contribution is 2.37. The summed E-state index contributed by atoms with van der Waals surface area (Å²) in [7, 11) is 1.67. The van der Waals surface area contributed by atoms with Crippen molar-refractivity contribution < 1.29 is 14.9 Å². The van der Waals surface area contributed by atoms with Crippen LogP contribution in [0, 0.1) is 11.8 Å². The number of benzene rings is 1. The van der Waals surface area contributed by atoms with Crippen molar-refractivity contribution in [1.82, 2.24) is 9.88 Å². The van der Waals surface area contributed by atoms with Crippen LogP contribution in [0.2, 0.25) is 0 Å². The highest BCUT2D eigenvalue weighted by atomic mass is 16.5. The summed E-state index contributed by atoms with van der Waals surface area (Å²) in [6.07, 6.45) is 0.298. The van der Waals surface area contributed by atoms with Crippen LogP contribution in [0.15, 0.2) is 30.3 Å². The lowest BCUT2D eigenvalue weighted by molar-refractivity contribution is -0.0372. The van der Waals surface area contributed by atoms with Gasteiger partial charge in [-0.25, -0.2) is 4.98 Å². The molecule has 2 N–H and O–H groups in total. The molecule has 4 rings (SSSR count). The Morgan fingerprint density at radius 3 is 2.46 bits per heavy atom. The number of para-hydroxylation sites is 1. The van der Waals surface area contributed by atoms with E-state index >= 15 is 0 Å². The van der Waals surface area contributed by atoms with Crippen LogP contribution >= 0.6 is 0 Å². The first-order valence-corrected chi connectivity index (χ1v) is 8.65. The third-order valence-electron chi connectivity index (χ3n) is 5.53. The van der Waals surface area contributed by atoms with Gasteiger partial charge in [-0.1, -0.05) is 18.2 Å². The second-order valence-corrected chi connectivity index (χ2v) is 7.15. The van der Waals surface area contributed by atoms with Crippen LogP contribution in [-0.2, 0) is 6.54 Å². The number of nitrogens with zero attached hydrogens (tertiary/aromatic N) is 2. The number of pyridine rings is 1. The van der Waals surface area contributed by atoms with E-state index in [1.54, 1.807) is 7.11 Å². The second kappa shape index (κ2) is 6.31. The highest BCUT2D eigenvalue weighted by molar-refractivity contribution is 5.84. The van der Waals surface area contributed by atoms with Crippen molar-refractivity contribution in [1.29, 1.82) is 0 Å². The van der Waals surface area contributed by atoms with Gasteiger partial charge < -0.3 is 14.9 Å². The van der Waals surface area contributed by atoms with Crippen LogP contribution in [0.3, 0.4) is 0 Å². The van der Waals surface area contributed by atoms with Gasteiger partial charge in [-0.2, -0.15) is 0 Å². The molecule has 0 amide bonds. The first-order valence-electron chi connectivity index (χ1n) is 8.65. The summed E-state index contributed by atoms with van der Waals surface area (Å²) < 4.78 is 5.42. The Morgan fingerprint density at radius 1 is 1.08 bits per heavy atom. The van der Waals surface area contributed by atoms with Gasteiger partial charge in [0, 0.05) is 25.0 Å². The number of rotatable bonds is 3. The Hall–Kier alpha value is -1.69. The normalized spacial score (nSPS) is 30.5. The molecule has 0 spiro atoms. The highest BCUT2D eigenvalue weighted by Gasteiger charge is 2.40. The summed E-state index contributed by atoms with van der Waals surface area (Å²) in [5, 5.41) is 20.8. The number of hydrogen-bond donors (Lipinski definition) is 2. The number of aromatic nitrogens is 1. The number of fused-ring (bicyclic) bond motifs is 2. The topological polar surface area (TPSA) is 65.8 Å². The van der Waals surface area contributed by atoms with Gasteiger partial charge in [-0.15, -0.1) is 0 Å². The number of aliphatic hydroxyl groups is 2. The Morgan fingerprint density at radius 2 is 1.79 bits per heavy atom. The lowest BCUT2D eigenvalue weighted by atomic mass is 9.79. The van der Waals surface area contributed by atoms with Crippen molar-refractivity contribution in [3.63, 3.8) is 0 Å². The van der Waals surface area contributed by atoms with Crippen LogP contribution in [0.25, 0.3) is 10.9 Å². The van der Waals surface area contributed by atoms with Crippen molar-refractivity contribution in [2.45, 2.75) is 31.6 Å².